The minimum Gasteiger partial charge on any atom is -0.299 e. The van der Waals surface area contributed by atoms with Crippen LogP contribution in [-0.4, -0.2) is 35.1 Å². The van der Waals surface area contributed by atoms with E-state index in [4.69, 9.17) is 0 Å². The average Bonchev–Trinajstić information content (AvgIpc) is 3.34. The maximum Gasteiger partial charge on any atom is 0.175 e. The smallest absolute Gasteiger partial charge is 0.175 e. The highest BCUT2D eigenvalue weighted by Gasteiger charge is 2.30. The van der Waals surface area contributed by atoms with Gasteiger partial charge in [0.25, 0.3) is 0 Å². The third-order valence-corrected chi connectivity index (χ3v) is 5.48. The van der Waals surface area contributed by atoms with E-state index in [-0.39, 0.29) is 23.0 Å². The SMILES string of the molecule is CS(=O)(=O)c1ccc(-c2cccc3nc(CC(=O)C4CC4)nn23)cc1. The van der Waals surface area contributed by atoms with E-state index in [2.05, 4.69) is 10.1 Å². The van der Waals surface area contributed by atoms with Gasteiger partial charge in [-0.25, -0.2) is 17.9 Å². The van der Waals surface area contributed by atoms with Crippen LogP contribution in [-0.2, 0) is 21.1 Å². The summed E-state index contributed by atoms with van der Waals surface area (Å²) in [4.78, 5) is 16.7. The maximum absolute atomic E-state index is 12.0. The van der Waals surface area contributed by atoms with Crippen molar-refractivity contribution < 1.29 is 13.2 Å². The van der Waals surface area contributed by atoms with Gasteiger partial charge in [-0.3, -0.25) is 4.79 Å². The monoisotopic (exact) mass is 355 g/mol. The van der Waals surface area contributed by atoms with E-state index in [1.165, 1.54) is 6.26 Å². The average molecular weight is 355 g/mol. The zero-order valence-electron chi connectivity index (χ0n) is 13.7. The van der Waals surface area contributed by atoms with E-state index in [9.17, 15) is 13.2 Å². The molecule has 2 heterocycles. The van der Waals surface area contributed by atoms with Crippen LogP contribution in [0.2, 0.25) is 0 Å². The lowest BCUT2D eigenvalue weighted by Crippen LogP contribution is -2.06. The summed E-state index contributed by atoms with van der Waals surface area (Å²) in [6.45, 7) is 0. The fourth-order valence-corrected chi connectivity index (χ4v) is 3.45. The molecular weight excluding hydrogens is 338 g/mol. The molecule has 0 aliphatic heterocycles. The summed E-state index contributed by atoms with van der Waals surface area (Å²) in [5, 5.41) is 4.48. The number of carbonyl (C=O) groups excluding carboxylic acids is 1. The summed E-state index contributed by atoms with van der Waals surface area (Å²) in [5.41, 5.74) is 2.31. The Morgan fingerprint density at radius 2 is 1.88 bits per heavy atom. The van der Waals surface area contributed by atoms with Crippen molar-refractivity contribution in [3.63, 3.8) is 0 Å². The van der Waals surface area contributed by atoms with Gasteiger partial charge in [-0.2, -0.15) is 5.10 Å². The van der Waals surface area contributed by atoms with Crippen LogP contribution >= 0.6 is 0 Å². The highest BCUT2D eigenvalue weighted by atomic mass is 32.2. The Hall–Kier alpha value is -2.54. The van der Waals surface area contributed by atoms with Crippen LogP contribution in [0.15, 0.2) is 47.4 Å². The number of aromatic nitrogens is 3. The Balaban J connectivity index is 1.71. The number of benzene rings is 1. The summed E-state index contributed by atoms with van der Waals surface area (Å²) < 4.78 is 24.9. The molecule has 4 rings (SSSR count). The summed E-state index contributed by atoms with van der Waals surface area (Å²) in [5.74, 6) is 0.918. The number of nitrogens with zero attached hydrogens (tertiary/aromatic N) is 3. The Kier molecular flexibility index (Phi) is 3.68. The number of sulfone groups is 1. The first-order chi connectivity index (χ1) is 11.9. The van der Waals surface area contributed by atoms with Gasteiger partial charge in [-0.05, 0) is 37.1 Å². The standard InChI is InChI=1S/C18H17N3O3S/c1-25(23,24)14-9-7-12(8-10-14)15-3-2-4-18-19-17(20-21(15)18)11-16(22)13-5-6-13/h2-4,7-10,13H,5-6,11H2,1H3. The van der Waals surface area contributed by atoms with Crippen molar-refractivity contribution in [1.29, 1.82) is 0 Å². The molecule has 0 radical (unpaired) electrons. The van der Waals surface area contributed by atoms with Gasteiger partial charge in [0.15, 0.2) is 21.3 Å². The lowest BCUT2D eigenvalue weighted by atomic mass is 10.1. The largest absolute Gasteiger partial charge is 0.299 e. The fourth-order valence-electron chi connectivity index (χ4n) is 2.82. The second-order valence-corrected chi connectivity index (χ2v) is 8.44. The molecule has 3 aromatic rings. The Morgan fingerprint density at radius 1 is 1.16 bits per heavy atom. The third kappa shape index (κ3) is 3.19. The van der Waals surface area contributed by atoms with Gasteiger partial charge in [-0.1, -0.05) is 18.2 Å². The lowest BCUT2D eigenvalue weighted by Gasteiger charge is -2.05. The summed E-state index contributed by atoms with van der Waals surface area (Å²) in [7, 11) is -3.23. The van der Waals surface area contributed by atoms with E-state index in [0.717, 1.165) is 24.1 Å². The molecule has 0 bridgehead atoms. The number of hydrogen-bond donors (Lipinski definition) is 0. The molecule has 1 fully saturated rings. The van der Waals surface area contributed by atoms with Crippen molar-refractivity contribution in [1.82, 2.24) is 14.6 Å². The third-order valence-electron chi connectivity index (χ3n) is 4.35. The Labute approximate surface area is 145 Å². The second-order valence-electron chi connectivity index (χ2n) is 6.42. The predicted octanol–water partition coefficient (Wildman–Crippen LogP) is 2.32. The molecule has 1 aliphatic carbocycles. The van der Waals surface area contributed by atoms with Crippen molar-refractivity contribution in [2.24, 2.45) is 5.92 Å². The summed E-state index contributed by atoms with van der Waals surface area (Å²) in [6.07, 6.45) is 3.40. The van der Waals surface area contributed by atoms with E-state index in [1.54, 1.807) is 28.8 Å². The van der Waals surface area contributed by atoms with E-state index in [0.29, 0.717) is 11.5 Å². The maximum atomic E-state index is 12.0. The molecule has 2 aromatic heterocycles. The van der Waals surface area contributed by atoms with Crippen molar-refractivity contribution in [2.45, 2.75) is 24.2 Å². The molecule has 0 N–H and O–H groups in total. The highest BCUT2D eigenvalue weighted by Crippen LogP contribution is 2.30. The normalized spacial score (nSPS) is 14.8. The lowest BCUT2D eigenvalue weighted by molar-refractivity contribution is -0.119. The molecule has 0 amide bonds. The molecule has 7 heteroatoms. The topological polar surface area (TPSA) is 81.4 Å². The van der Waals surface area contributed by atoms with Crippen LogP contribution < -0.4 is 0 Å². The Morgan fingerprint density at radius 3 is 2.52 bits per heavy atom. The molecule has 0 spiro atoms. The molecular formula is C18H17N3O3S. The van der Waals surface area contributed by atoms with Gasteiger partial charge in [0.1, 0.15) is 5.78 Å². The van der Waals surface area contributed by atoms with Gasteiger partial charge < -0.3 is 0 Å². The molecule has 6 nitrogen and oxygen atoms in total. The number of ketones is 1. The van der Waals surface area contributed by atoms with Crippen molar-refractivity contribution in [3.05, 3.63) is 48.3 Å². The van der Waals surface area contributed by atoms with E-state index < -0.39 is 9.84 Å². The molecule has 0 atom stereocenters. The van der Waals surface area contributed by atoms with Crippen LogP contribution in [0.25, 0.3) is 16.9 Å². The number of pyridine rings is 1. The minimum atomic E-state index is -3.23. The highest BCUT2D eigenvalue weighted by molar-refractivity contribution is 7.90. The van der Waals surface area contributed by atoms with Crippen LogP contribution in [0.5, 0.6) is 0 Å². The van der Waals surface area contributed by atoms with Gasteiger partial charge in [0.05, 0.1) is 17.0 Å². The fraction of sp³-hybridized carbons (Fsp3) is 0.278. The molecule has 128 valence electrons. The van der Waals surface area contributed by atoms with Gasteiger partial charge in [0.2, 0.25) is 0 Å². The van der Waals surface area contributed by atoms with Gasteiger partial charge in [-0.15, -0.1) is 0 Å². The molecule has 25 heavy (non-hydrogen) atoms. The van der Waals surface area contributed by atoms with Crippen LogP contribution in [0.3, 0.4) is 0 Å². The van der Waals surface area contributed by atoms with E-state index in [1.807, 2.05) is 18.2 Å². The quantitative estimate of drug-likeness (QED) is 0.701. The molecule has 0 unspecified atom stereocenters. The second kappa shape index (κ2) is 5.77. The number of fused-ring (bicyclic) bond motifs is 1. The minimum absolute atomic E-state index is 0.189. The van der Waals surface area contributed by atoms with Gasteiger partial charge >= 0.3 is 0 Å². The zero-order chi connectivity index (χ0) is 17.6. The number of rotatable bonds is 5. The molecule has 0 saturated heterocycles. The summed E-state index contributed by atoms with van der Waals surface area (Å²) >= 11 is 0. The molecule has 1 aromatic carbocycles. The van der Waals surface area contributed by atoms with Gasteiger partial charge in [0, 0.05) is 17.7 Å². The van der Waals surface area contributed by atoms with Crippen molar-refractivity contribution >= 4 is 21.3 Å². The van der Waals surface area contributed by atoms with Crippen LogP contribution in [0, 0.1) is 5.92 Å². The first-order valence-corrected chi connectivity index (χ1v) is 9.99. The summed E-state index contributed by atoms with van der Waals surface area (Å²) in [6, 6.07) is 12.3. The zero-order valence-corrected chi connectivity index (χ0v) is 14.5. The first-order valence-electron chi connectivity index (χ1n) is 8.10. The van der Waals surface area contributed by atoms with Crippen LogP contribution in [0.1, 0.15) is 18.7 Å². The first kappa shape index (κ1) is 16.0. The van der Waals surface area contributed by atoms with Crippen LogP contribution in [0.4, 0.5) is 0 Å². The van der Waals surface area contributed by atoms with Crippen molar-refractivity contribution in [3.8, 4) is 11.3 Å². The molecule has 1 aliphatic rings. The van der Waals surface area contributed by atoms with E-state index >= 15 is 0 Å². The number of Topliss-reactive ketones (excluding diaryl/α,β-unsaturated/α-hetero) is 1. The predicted molar refractivity (Wildman–Crippen MR) is 93.0 cm³/mol. The Bertz CT molecular complexity index is 1060. The van der Waals surface area contributed by atoms with Crippen molar-refractivity contribution in [2.75, 3.05) is 6.26 Å². The molecule has 1 saturated carbocycles. The number of hydrogen-bond acceptors (Lipinski definition) is 5. The number of carbonyl (C=O) groups is 1.